The van der Waals surface area contributed by atoms with Gasteiger partial charge in [0.1, 0.15) is 6.10 Å². The molecule has 1 atom stereocenters. The van der Waals surface area contributed by atoms with Gasteiger partial charge in [-0.3, -0.25) is 0 Å². The molecule has 1 aromatic heterocycles. The largest absolute Gasteiger partial charge is 0.376 e. The number of rotatable bonds is 1. The Morgan fingerprint density at radius 2 is 2.12 bits per heavy atom. The Labute approximate surface area is 103 Å². The Balaban J connectivity index is 2.17. The van der Waals surface area contributed by atoms with Gasteiger partial charge in [0.15, 0.2) is 0 Å². The minimum Gasteiger partial charge on any atom is -0.376 e. The fourth-order valence-corrected chi connectivity index (χ4v) is 2.03. The Kier molecular flexibility index (Phi) is 3.63. The summed E-state index contributed by atoms with van der Waals surface area (Å²) in [5.74, 6) is 5.70. The van der Waals surface area contributed by atoms with Gasteiger partial charge in [-0.1, -0.05) is 41.6 Å². The van der Waals surface area contributed by atoms with Crippen LogP contribution in [0.3, 0.4) is 0 Å². The van der Waals surface area contributed by atoms with Gasteiger partial charge in [-0.15, -0.1) is 11.3 Å². The summed E-state index contributed by atoms with van der Waals surface area (Å²) in [5, 5.41) is 12.4. The van der Waals surface area contributed by atoms with Crippen molar-refractivity contribution in [2.45, 2.75) is 6.10 Å². The van der Waals surface area contributed by atoms with E-state index < -0.39 is 6.10 Å². The average Bonchev–Trinajstić information content (AvgIpc) is 2.78. The zero-order chi connectivity index (χ0) is 11.4. The zero-order valence-electron chi connectivity index (χ0n) is 8.35. The minimum absolute atomic E-state index is 0.606. The molecule has 2 aromatic rings. The van der Waals surface area contributed by atoms with Crippen LogP contribution >= 0.6 is 22.9 Å². The molecule has 1 aromatic carbocycles. The van der Waals surface area contributed by atoms with Gasteiger partial charge < -0.3 is 5.11 Å². The maximum atomic E-state index is 9.82. The van der Waals surface area contributed by atoms with E-state index in [4.69, 9.17) is 11.6 Å². The van der Waals surface area contributed by atoms with Crippen LogP contribution in [0.1, 0.15) is 16.5 Å². The Morgan fingerprint density at radius 3 is 2.81 bits per heavy atom. The lowest BCUT2D eigenvalue weighted by molar-refractivity contribution is 0.238. The van der Waals surface area contributed by atoms with Crippen LogP contribution in [0.4, 0.5) is 0 Å². The lowest BCUT2D eigenvalue weighted by Gasteiger charge is -2.02. The fraction of sp³-hybridized carbons (Fsp3) is 0.0769. The molecule has 16 heavy (non-hydrogen) atoms. The summed E-state index contributed by atoms with van der Waals surface area (Å²) >= 11 is 7.38. The van der Waals surface area contributed by atoms with Crippen molar-refractivity contribution >= 4 is 22.9 Å². The maximum absolute atomic E-state index is 9.82. The molecule has 80 valence electrons. The number of aliphatic hydroxyl groups is 1. The summed E-state index contributed by atoms with van der Waals surface area (Å²) < 4.78 is 0. The average molecular weight is 249 g/mol. The second kappa shape index (κ2) is 5.18. The third-order valence-corrected chi connectivity index (χ3v) is 3.04. The monoisotopic (exact) mass is 248 g/mol. The molecule has 3 heteroatoms. The van der Waals surface area contributed by atoms with Crippen molar-refractivity contribution in [3.63, 3.8) is 0 Å². The van der Waals surface area contributed by atoms with E-state index in [1.165, 1.54) is 0 Å². The molecule has 1 heterocycles. The number of halogens is 1. The van der Waals surface area contributed by atoms with E-state index in [0.717, 1.165) is 10.4 Å². The van der Waals surface area contributed by atoms with Gasteiger partial charge in [0, 0.05) is 5.02 Å². The summed E-state index contributed by atoms with van der Waals surface area (Å²) in [6.45, 7) is 0. The van der Waals surface area contributed by atoms with Gasteiger partial charge in [0.05, 0.1) is 4.88 Å². The lowest BCUT2D eigenvalue weighted by Crippen LogP contribution is -1.92. The summed E-state index contributed by atoms with van der Waals surface area (Å²) in [6.07, 6.45) is -0.791. The molecule has 0 aliphatic heterocycles. The SMILES string of the molecule is OC(C#Cc1cccs1)c1cccc(Cl)c1. The summed E-state index contributed by atoms with van der Waals surface area (Å²) in [5.41, 5.74) is 0.719. The molecule has 0 spiro atoms. The third kappa shape index (κ3) is 2.86. The number of aliphatic hydroxyl groups excluding tert-OH is 1. The second-order valence-electron chi connectivity index (χ2n) is 3.20. The van der Waals surface area contributed by atoms with E-state index in [0.29, 0.717) is 5.02 Å². The first kappa shape index (κ1) is 11.2. The van der Waals surface area contributed by atoms with Gasteiger partial charge in [0.2, 0.25) is 0 Å². The summed E-state index contributed by atoms with van der Waals surface area (Å²) in [6, 6.07) is 10.9. The van der Waals surface area contributed by atoms with Crippen LogP contribution in [0.5, 0.6) is 0 Å². The van der Waals surface area contributed by atoms with Crippen molar-refractivity contribution in [2.75, 3.05) is 0 Å². The normalized spacial score (nSPS) is 11.6. The predicted molar refractivity (Wildman–Crippen MR) is 67.6 cm³/mol. The first-order valence-corrected chi connectivity index (χ1v) is 6.00. The van der Waals surface area contributed by atoms with E-state index in [1.807, 2.05) is 17.5 Å². The van der Waals surface area contributed by atoms with Gasteiger partial charge in [-0.05, 0) is 29.1 Å². The van der Waals surface area contributed by atoms with Gasteiger partial charge in [0.25, 0.3) is 0 Å². The molecule has 0 radical (unpaired) electrons. The van der Waals surface area contributed by atoms with Crippen LogP contribution in [0.25, 0.3) is 0 Å². The van der Waals surface area contributed by atoms with Gasteiger partial charge >= 0.3 is 0 Å². The highest BCUT2D eigenvalue weighted by Gasteiger charge is 2.03. The number of thiophene rings is 1. The molecule has 0 amide bonds. The van der Waals surface area contributed by atoms with Crippen LogP contribution in [0, 0.1) is 11.8 Å². The molecule has 0 saturated carbocycles. The molecular formula is C13H9ClOS. The lowest BCUT2D eigenvalue weighted by atomic mass is 10.1. The van der Waals surface area contributed by atoms with E-state index in [2.05, 4.69) is 11.8 Å². The highest BCUT2D eigenvalue weighted by Crippen LogP contribution is 2.17. The molecule has 0 fully saturated rings. The maximum Gasteiger partial charge on any atom is 0.140 e. The Hall–Kier alpha value is -1.27. The van der Waals surface area contributed by atoms with E-state index in [-0.39, 0.29) is 0 Å². The summed E-state index contributed by atoms with van der Waals surface area (Å²) in [4.78, 5) is 0.945. The van der Waals surface area contributed by atoms with E-state index in [9.17, 15) is 5.11 Å². The van der Waals surface area contributed by atoms with Crippen molar-refractivity contribution in [1.82, 2.24) is 0 Å². The first-order valence-electron chi connectivity index (χ1n) is 4.74. The fourth-order valence-electron chi connectivity index (χ4n) is 1.25. The third-order valence-electron chi connectivity index (χ3n) is 2.02. The molecule has 1 N–H and O–H groups in total. The predicted octanol–water partition coefficient (Wildman–Crippen LogP) is 3.49. The minimum atomic E-state index is -0.791. The van der Waals surface area contributed by atoms with Gasteiger partial charge in [-0.2, -0.15) is 0 Å². The Morgan fingerprint density at radius 1 is 1.25 bits per heavy atom. The smallest absolute Gasteiger partial charge is 0.140 e. The topological polar surface area (TPSA) is 20.2 Å². The van der Waals surface area contributed by atoms with Crippen molar-refractivity contribution in [1.29, 1.82) is 0 Å². The van der Waals surface area contributed by atoms with Crippen molar-refractivity contribution < 1.29 is 5.11 Å². The molecule has 2 rings (SSSR count). The standard InChI is InChI=1S/C13H9ClOS/c14-11-4-1-3-10(9-11)13(15)7-6-12-5-2-8-16-12/h1-5,8-9,13,15H. The van der Waals surface area contributed by atoms with Crippen LogP contribution in [-0.4, -0.2) is 5.11 Å². The summed E-state index contributed by atoms with van der Waals surface area (Å²) in [7, 11) is 0. The van der Waals surface area contributed by atoms with Crippen molar-refractivity contribution in [2.24, 2.45) is 0 Å². The van der Waals surface area contributed by atoms with Gasteiger partial charge in [-0.25, -0.2) is 0 Å². The van der Waals surface area contributed by atoms with Crippen LogP contribution < -0.4 is 0 Å². The molecule has 0 aliphatic carbocycles. The van der Waals surface area contributed by atoms with E-state index in [1.54, 1.807) is 35.6 Å². The van der Waals surface area contributed by atoms with Crippen molar-refractivity contribution in [3.8, 4) is 11.8 Å². The molecule has 0 saturated heterocycles. The molecular weight excluding hydrogens is 240 g/mol. The first-order chi connectivity index (χ1) is 7.75. The highest BCUT2D eigenvalue weighted by atomic mass is 35.5. The number of hydrogen-bond acceptors (Lipinski definition) is 2. The molecule has 0 bridgehead atoms. The number of hydrogen-bond donors (Lipinski definition) is 1. The zero-order valence-corrected chi connectivity index (χ0v) is 9.92. The molecule has 0 aliphatic rings. The second-order valence-corrected chi connectivity index (χ2v) is 4.59. The molecule has 1 nitrogen and oxygen atoms in total. The Bertz CT molecular complexity index is 522. The highest BCUT2D eigenvalue weighted by molar-refractivity contribution is 7.10. The van der Waals surface area contributed by atoms with E-state index >= 15 is 0 Å². The quantitative estimate of drug-likeness (QED) is 0.766. The van der Waals surface area contributed by atoms with Crippen LogP contribution in [-0.2, 0) is 0 Å². The van der Waals surface area contributed by atoms with Crippen molar-refractivity contribution in [3.05, 3.63) is 57.2 Å². The van der Waals surface area contributed by atoms with Crippen LogP contribution in [0.15, 0.2) is 41.8 Å². The number of benzene rings is 1. The molecule has 1 unspecified atom stereocenters. The van der Waals surface area contributed by atoms with Crippen LogP contribution in [0.2, 0.25) is 5.02 Å².